The first-order valence-corrected chi connectivity index (χ1v) is 7.64. The highest BCUT2D eigenvalue weighted by molar-refractivity contribution is 7.16. The van der Waals surface area contributed by atoms with Gasteiger partial charge in [0.15, 0.2) is 0 Å². The summed E-state index contributed by atoms with van der Waals surface area (Å²) >= 11 is 1.71. The molecule has 1 aliphatic rings. The molecule has 0 radical (unpaired) electrons. The molecule has 2 heterocycles. The van der Waals surface area contributed by atoms with Gasteiger partial charge in [0.2, 0.25) is 4.96 Å². The molecular weight excluding hydrogens is 254 g/mol. The molecule has 2 aromatic heterocycles. The molecule has 0 saturated carbocycles. The summed E-state index contributed by atoms with van der Waals surface area (Å²) in [5.74, 6) is 0. The number of rotatable bonds is 1. The third-order valence-corrected chi connectivity index (χ3v) is 4.83. The van der Waals surface area contributed by atoms with Gasteiger partial charge in [-0.15, -0.1) is 0 Å². The van der Waals surface area contributed by atoms with Crippen LogP contribution in [0.3, 0.4) is 0 Å². The lowest BCUT2D eigenvalue weighted by molar-refractivity contribution is 0.770. The van der Waals surface area contributed by atoms with Crippen LogP contribution in [0.1, 0.15) is 29.6 Å². The van der Waals surface area contributed by atoms with Gasteiger partial charge in [-0.2, -0.15) is 5.10 Å². The van der Waals surface area contributed by atoms with Gasteiger partial charge >= 0.3 is 0 Å². The Bertz CT molecular complexity index is 754. The smallest absolute Gasteiger partial charge is 0.212 e. The fraction of sp³-hybridized carbons (Fsp3) is 0.333. The van der Waals surface area contributed by atoms with Crippen LogP contribution < -0.4 is 0 Å². The van der Waals surface area contributed by atoms with Crippen LogP contribution in [0.4, 0.5) is 0 Å². The molecule has 96 valence electrons. The number of hydrogen-bond donors (Lipinski definition) is 0. The van der Waals surface area contributed by atoms with Gasteiger partial charge in [0.1, 0.15) is 5.01 Å². The predicted octanol–water partition coefficient (Wildman–Crippen LogP) is 3.51. The van der Waals surface area contributed by atoms with Crippen LogP contribution in [0.15, 0.2) is 24.3 Å². The summed E-state index contributed by atoms with van der Waals surface area (Å²) in [7, 11) is 0. The molecule has 0 fully saturated rings. The Morgan fingerprint density at radius 2 is 2.16 bits per heavy atom. The average Bonchev–Trinajstić information content (AvgIpc) is 2.92. The van der Waals surface area contributed by atoms with Gasteiger partial charge < -0.3 is 0 Å². The maximum atomic E-state index is 4.84. The highest BCUT2D eigenvalue weighted by Crippen LogP contribution is 2.33. The van der Waals surface area contributed by atoms with Crippen molar-refractivity contribution in [2.45, 2.75) is 32.6 Å². The average molecular weight is 269 g/mol. The van der Waals surface area contributed by atoms with E-state index in [-0.39, 0.29) is 0 Å². The molecular formula is C15H15N3S. The standard InChI is InChI=1S/C15H15N3S/c1-2-13-17-18-12-9-5-7-10-6-3-4-8-11(10)14(12)16-15(18)19-13/h3-4,6,8H,2,5,7,9H2,1H3. The van der Waals surface area contributed by atoms with Crippen molar-refractivity contribution in [2.24, 2.45) is 0 Å². The van der Waals surface area contributed by atoms with E-state index >= 15 is 0 Å². The predicted molar refractivity (Wildman–Crippen MR) is 77.7 cm³/mol. The molecule has 0 atom stereocenters. The molecule has 0 unspecified atom stereocenters. The molecule has 1 aliphatic carbocycles. The lowest BCUT2D eigenvalue weighted by Gasteiger charge is -2.03. The Morgan fingerprint density at radius 1 is 1.26 bits per heavy atom. The minimum Gasteiger partial charge on any atom is -0.217 e. The Balaban J connectivity index is 2.00. The van der Waals surface area contributed by atoms with Crippen molar-refractivity contribution in [3.05, 3.63) is 40.5 Å². The van der Waals surface area contributed by atoms with Gasteiger partial charge in [-0.3, -0.25) is 0 Å². The zero-order valence-electron chi connectivity index (χ0n) is 10.9. The molecule has 4 rings (SSSR count). The fourth-order valence-corrected chi connectivity index (χ4v) is 3.68. The molecule has 0 aliphatic heterocycles. The van der Waals surface area contributed by atoms with Crippen LogP contribution in [-0.4, -0.2) is 14.6 Å². The number of aryl methyl sites for hydroxylation is 3. The van der Waals surface area contributed by atoms with Crippen LogP contribution in [0, 0.1) is 0 Å². The van der Waals surface area contributed by atoms with Gasteiger partial charge in [-0.05, 0) is 31.2 Å². The van der Waals surface area contributed by atoms with E-state index < -0.39 is 0 Å². The third-order valence-electron chi connectivity index (χ3n) is 3.77. The van der Waals surface area contributed by atoms with Crippen LogP contribution in [0.25, 0.3) is 16.2 Å². The first-order valence-electron chi connectivity index (χ1n) is 6.82. The van der Waals surface area contributed by atoms with E-state index in [0.717, 1.165) is 29.9 Å². The monoisotopic (exact) mass is 269 g/mol. The molecule has 0 saturated heterocycles. The van der Waals surface area contributed by atoms with E-state index in [9.17, 15) is 0 Å². The molecule has 0 spiro atoms. The van der Waals surface area contributed by atoms with Crippen molar-refractivity contribution in [1.29, 1.82) is 0 Å². The second kappa shape index (κ2) is 4.17. The summed E-state index contributed by atoms with van der Waals surface area (Å²) < 4.78 is 2.07. The van der Waals surface area contributed by atoms with Gasteiger partial charge in [-0.1, -0.05) is 42.5 Å². The van der Waals surface area contributed by atoms with Crippen LogP contribution >= 0.6 is 11.3 Å². The van der Waals surface area contributed by atoms with Crippen LogP contribution in [0.2, 0.25) is 0 Å². The largest absolute Gasteiger partial charge is 0.217 e. The molecule has 4 heteroatoms. The Hall–Kier alpha value is -1.68. The number of hydrogen-bond acceptors (Lipinski definition) is 3. The normalized spacial score (nSPS) is 14.2. The van der Waals surface area contributed by atoms with E-state index in [0.29, 0.717) is 0 Å². The SMILES string of the molecule is CCc1nn2c3c(nc2s1)-c1ccccc1CCC3. The number of fused-ring (bicyclic) bond motifs is 5. The van der Waals surface area contributed by atoms with Crippen molar-refractivity contribution in [3.8, 4) is 11.3 Å². The van der Waals surface area contributed by atoms with Gasteiger partial charge in [-0.25, -0.2) is 9.50 Å². The van der Waals surface area contributed by atoms with E-state index in [2.05, 4.69) is 35.7 Å². The summed E-state index contributed by atoms with van der Waals surface area (Å²) in [5.41, 5.74) is 5.15. The molecule has 3 nitrogen and oxygen atoms in total. The molecule has 0 N–H and O–H groups in total. The topological polar surface area (TPSA) is 30.2 Å². The second-order valence-corrected chi connectivity index (χ2v) is 6.00. The van der Waals surface area contributed by atoms with E-state index in [4.69, 9.17) is 10.1 Å². The lowest BCUT2D eigenvalue weighted by Crippen LogP contribution is -1.95. The van der Waals surface area contributed by atoms with E-state index in [1.165, 1.54) is 28.2 Å². The summed E-state index contributed by atoms with van der Waals surface area (Å²) in [6.07, 6.45) is 4.37. The first kappa shape index (κ1) is 11.2. The Labute approximate surface area is 115 Å². The Kier molecular flexibility index (Phi) is 2.45. The third kappa shape index (κ3) is 1.63. The summed E-state index contributed by atoms with van der Waals surface area (Å²) in [6, 6.07) is 8.64. The van der Waals surface area contributed by atoms with Crippen LogP contribution in [-0.2, 0) is 19.3 Å². The van der Waals surface area contributed by atoms with Gasteiger partial charge in [0.25, 0.3) is 0 Å². The molecule has 0 bridgehead atoms. The molecule has 1 aromatic carbocycles. The number of imidazole rings is 1. The van der Waals surface area contributed by atoms with E-state index in [1.807, 2.05) is 0 Å². The van der Waals surface area contributed by atoms with Gasteiger partial charge in [0, 0.05) is 5.56 Å². The lowest BCUT2D eigenvalue weighted by atomic mass is 10.0. The quantitative estimate of drug-likeness (QED) is 0.676. The van der Waals surface area contributed by atoms with Crippen molar-refractivity contribution in [1.82, 2.24) is 14.6 Å². The zero-order chi connectivity index (χ0) is 12.8. The first-order chi connectivity index (χ1) is 9.36. The number of nitrogens with zero attached hydrogens (tertiary/aromatic N) is 3. The Morgan fingerprint density at radius 3 is 3.05 bits per heavy atom. The zero-order valence-corrected chi connectivity index (χ0v) is 11.7. The minimum absolute atomic E-state index is 0.986. The summed E-state index contributed by atoms with van der Waals surface area (Å²) in [5, 5.41) is 5.86. The van der Waals surface area contributed by atoms with Gasteiger partial charge in [0.05, 0.1) is 11.4 Å². The van der Waals surface area contributed by atoms with E-state index in [1.54, 1.807) is 11.3 Å². The van der Waals surface area contributed by atoms with Crippen molar-refractivity contribution in [2.75, 3.05) is 0 Å². The minimum atomic E-state index is 0.986. The number of benzene rings is 1. The molecule has 0 amide bonds. The second-order valence-electron chi connectivity index (χ2n) is 4.96. The highest BCUT2D eigenvalue weighted by Gasteiger charge is 2.21. The maximum absolute atomic E-state index is 4.84. The summed E-state index contributed by atoms with van der Waals surface area (Å²) in [6.45, 7) is 2.15. The number of aromatic nitrogens is 3. The van der Waals surface area contributed by atoms with Crippen molar-refractivity contribution in [3.63, 3.8) is 0 Å². The fourth-order valence-electron chi connectivity index (χ4n) is 2.83. The van der Waals surface area contributed by atoms with Crippen molar-refractivity contribution >= 4 is 16.3 Å². The molecule has 19 heavy (non-hydrogen) atoms. The molecule has 3 aromatic rings. The van der Waals surface area contributed by atoms with Crippen molar-refractivity contribution < 1.29 is 0 Å². The maximum Gasteiger partial charge on any atom is 0.212 e. The summed E-state index contributed by atoms with van der Waals surface area (Å²) in [4.78, 5) is 5.88. The highest BCUT2D eigenvalue weighted by atomic mass is 32.1. The van der Waals surface area contributed by atoms with Crippen LogP contribution in [0.5, 0.6) is 0 Å².